The fourth-order valence-corrected chi connectivity index (χ4v) is 1.33. The molecule has 0 unspecified atom stereocenters. The second-order valence-electron chi connectivity index (χ2n) is 2.75. The molecule has 0 saturated heterocycles. The van der Waals surface area contributed by atoms with Gasteiger partial charge >= 0.3 is 0 Å². The van der Waals surface area contributed by atoms with Crippen molar-refractivity contribution in [1.29, 1.82) is 0 Å². The van der Waals surface area contributed by atoms with Crippen LogP contribution in [0.3, 0.4) is 0 Å². The summed E-state index contributed by atoms with van der Waals surface area (Å²) >= 11 is 11.6. The Morgan fingerprint density at radius 3 is 2.73 bits per heavy atom. The maximum Gasteiger partial charge on any atom is 0.0817 e. The van der Waals surface area contributed by atoms with E-state index in [0.717, 1.165) is 0 Å². The summed E-state index contributed by atoms with van der Waals surface area (Å²) in [4.78, 5) is 4.07. The molecular formula is C10H10Cl2N2O. The summed E-state index contributed by atoms with van der Waals surface area (Å²) in [7, 11) is 0. The number of rotatable bonds is 3. The number of nitrogens with zero attached hydrogens (tertiary/aromatic N) is 1. The van der Waals surface area contributed by atoms with E-state index in [-0.39, 0.29) is 6.61 Å². The fraction of sp³-hybridized carbons (Fsp3) is 0.100. The quantitative estimate of drug-likeness (QED) is 0.804. The van der Waals surface area contributed by atoms with Crippen molar-refractivity contribution in [3.63, 3.8) is 0 Å². The van der Waals surface area contributed by atoms with E-state index in [4.69, 9.17) is 34.0 Å². The van der Waals surface area contributed by atoms with Crippen LogP contribution in [0.1, 0.15) is 0 Å². The van der Waals surface area contributed by atoms with Gasteiger partial charge in [0.1, 0.15) is 0 Å². The SMILES string of the molecule is NC=C(C=Nc1ccc(Cl)cc1Cl)CO. The zero-order valence-electron chi connectivity index (χ0n) is 7.82. The summed E-state index contributed by atoms with van der Waals surface area (Å²) in [5, 5.41) is 9.83. The highest BCUT2D eigenvalue weighted by molar-refractivity contribution is 6.36. The van der Waals surface area contributed by atoms with E-state index in [1.165, 1.54) is 12.4 Å². The Balaban J connectivity index is 2.90. The van der Waals surface area contributed by atoms with Gasteiger partial charge in [-0.25, -0.2) is 0 Å². The van der Waals surface area contributed by atoms with Crippen molar-refractivity contribution in [2.45, 2.75) is 0 Å². The minimum Gasteiger partial charge on any atom is -0.404 e. The molecule has 1 aromatic rings. The van der Waals surface area contributed by atoms with Crippen molar-refractivity contribution in [1.82, 2.24) is 0 Å². The van der Waals surface area contributed by atoms with Gasteiger partial charge in [0, 0.05) is 23.0 Å². The minimum atomic E-state index is -0.161. The molecule has 0 atom stereocenters. The van der Waals surface area contributed by atoms with E-state index in [2.05, 4.69) is 4.99 Å². The van der Waals surface area contributed by atoms with Gasteiger partial charge in [0.15, 0.2) is 0 Å². The Hall–Kier alpha value is -1.03. The first-order valence-corrected chi connectivity index (χ1v) is 4.93. The summed E-state index contributed by atoms with van der Waals surface area (Å²) in [6.07, 6.45) is 2.74. The molecule has 0 aliphatic carbocycles. The van der Waals surface area contributed by atoms with Crippen LogP contribution in [-0.2, 0) is 0 Å². The van der Waals surface area contributed by atoms with Crippen molar-refractivity contribution in [2.75, 3.05) is 6.61 Å². The average Bonchev–Trinajstić information content (AvgIpc) is 2.22. The lowest BCUT2D eigenvalue weighted by Crippen LogP contribution is -1.95. The Morgan fingerprint density at radius 1 is 1.47 bits per heavy atom. The summed E-state index contributed by atoms with van der Waals surface area (Å²) in [5.74, 6) is 0. The van der Waals surface area contributed by atoms with E-state index in [1.807, 2.05) is 0 Å². The molecule has 15 heavy (non-hydrogen) atoms. The number of aliphatic hydroxyl groups is 1. The topological polar surface area (TPSA) is 58.6 Å². The molecule has 0 spiro atoms. The number of halogens is 2. The monoisotopic (exact) mass is 244 g/mol. The van der Waals surface area contributed by atoms with Crippen molar-refractivity contribution in [2.24, 2.45) is 10.7 Å². The number of benzene rings is 1. The number of aliphatic hydroxyl groups excluding tert-OH is 1. The second-order valence-corrected chi connectivity index (χ2v) is 3.60. The molecule has 0 radical (unpaired) electrons. The third kappa shape index (κ3) is 3.55. The van der Waals surface area contributed by atoms with Crippen molar-refractivity contribution >= 4 is 35.1 Å². The van der Waals surface area contributed by atoms with Gasteiger partial charge in [-0.15, -0.1) is 0 Å². The van der Waals surface area contributed by atoms with E-state index in [9.17, 15) is 0 Å². The first kappa shape index (κ1) is 12.0. The van der Waals surface area contributed by atoms with Gasteiger partial charge in [0.25, 0.3) is 0 Å². The lowest BCUT2D eigenvalue weighted by Gasteiger charge is -1.98. The standard InChI is InChI=1S/C10H10Cl2N2O/c11-8-1-2-10(9(12)3-8)14-5-7(4-13)6-15/h1-5,15H,6,13H2. The average molecular weight is 245 g/mol. The largest absolute Gasteiger partial charge is 0.404 e. The molecule has 0 amide bonds. The van der Waals surface area contributed by atoms with Crippen molar-refractivity contribution in [3.05, 3.63) is 40.0 Å². The summed E-state index contributed by atoms with van der Waals surface area (Å²) < 4.78 is 0. The highest BCUT2D eigenvalue weighted by atomic mass is 35.5. The lowest BCUT2D eigenvalue weighted by atomic mass is 10.3. The first-order valence-electron chi connectivity index (χ1n) is 4.18. The van der Waals surface area contributed by atoms with Crippen molar-refractivity contribution < 1.29 is 5.11 Å². The van der Waals surface area contributed by atoms with Crippen LogP contribution in [0.2, 0.25) is 10.0 Å². The van der Waals surface area contributed by atoms with Gasteiger partial charge in [0.05, 0.1) is 17.3 Å². The maximum atomic E-state index is 8.82. The molecule has 0 saturated carbocycles. The molecule has 1 aromatic carbocycles. The molecule has 80 valence electrons. The van der Waals surface area contributed by atoms with Crippen LogP contribution in [0.5, 0.6) is 0 Å². The molecule has 0 aliphatic rings. The molecule has 0 bridgehead atoms. The molecule has 0 fully saturated rings. The lowest BCUT2D eigenvalue weighted by molar-refractivity contribution is 0.337. The second kappa shape index (κ2) is 5.75. The molecular weight excluding hydrogens is 235 g/mol. The first-order chi connectivity index (χ1) is 7.17. The van der Waals surface area contributed by atoms with E-state index in [1.54, 1.807) is 18.2 Å². The zero-order valence-corrected chi connectivity index (χ0v) is 9.33. The Morgan fingerprint density at radius 2 is 2.20 bits per heavy atom. The van der Waals surface area contributed by atoms with Crippen LogP contribution < -0.4 is 5.73 Å². The van der Waals surface area contributed by atoms with E-state index >= 15 is 0 Å². The predicted molar refractivity (Wildman–Crippen MR) is 64.0 cm³/mol. The molecule has 0 aromatic heterocycles. The fourth-order valence-electron chi connectivity index (χ4n) is 0.875. The molecule has 0 heterocycles. The van der Waals surface area contributed by atoms with Gasteiger partial charge in [-0.2, -0.15) is 0 Å². The zero-order chi connectivity index (χ0) is 11.3. The molecule has 3 nitrogen and oxygen atoms in total. The Labute approximate surface area is 97.8 Å². The minimum absolute atomic E-state index is 0.161. The third-order valence-electron chi connectivity index (χ3n) is 1.68. The van der Waals surface area contributed by atoms with Crippen LogP contribution in [0, 0.1) is 0 Å². The maximum absolute atomic E-state index is 8.82. The highest BCUT2D eigenvalue weighted by Gasteiger charge is 1.98. The van der Waals surface area contributed by atoms with Crippen LogP contribution in [0.25, 0.3) is 0 Å². The summed E-state index contributed by atoms with van der Waals surface area (Å²) in [6, 6.07) is 4.97. The van der Waals surface area contributed by atoms with E-state index < -0.39 is 0 Å². The van der Waals surface area contributed by atoms with Gasteiger partial charge in [0.2, 0.25) is 0 Å². The van der Waals surface area contributed by atoms with Gasteiger partial charge in [-0.05, 0) is 18.2 Å². The van der Waals surface area contributed by atoms with Gasteiger partial charge in [-0.3, -0.25) is 4.99 Å². The Kier molecular flexibility index (Phi) is 4.62. The molecule has 0 aliphatic heterocycles. The van der Waals surface area contributed by atoms with Crippen molar-refractivity contribution in [3.8, 4) is 0 Å². The van der Waals surface area contributed by atoms with Crippen LogP contribution in [0.15, 0.2) is 35.0 Å². The molecule has 1 rings (SSSR count). The van der Waals surface area contributed by atoms with E-state index in [0.29, 0.717) is 21.3 Å². The number of nitrogens with two attached hydrogens (primary N) is 1. The van der Waals surface area contributed by atoms with Crippen LogP contribution >= 0.6 is 23.2 Å². The van der Waals surface area contributed by atoms with Gasteiger partial charge < -0.3 is 10.8 Å². The number of aliphatic imine (C=N–C) groups is 1. The smallest absolute Gasteiger partial charge is 0.0817 e. The summed E-state index contributed by atoms with van der Waals surface area (Å²) in [5.41, 5.74) is 6.33. The normalized spacial score (nSPS) is 12.3. The van der Waals surface area contributed by atoms with Gasteiger partial charge in [-0.1, -0.05) is 23.2 Å². The highest BCUT2D eigenvalue weighted by Crippen LogP contribution is 2.27. The van der Waals surface area contributed by atoms with Crippen LogP contribution in [-0.4, -0.2) is 17.9 Å². The number of hydrogen-bond donors (Lipinski definition) is 2. The van der Waals surface area contributed by atoms with Crippen LogP contribution in [0.4, 0.5) is 5.69 Å². The summed E-state index contributed by atoms with van der Waals surface area (Å²) in [6.45, 7) is -0.161. The molecule has 5 heteroatoms. The Bertz CT molecular complexity index is 402. The predicted octanol–water partition coefficient (Wildman–Crippen LogP) is 2.53. The number of hydrogen-bond acceptors (Lipinski definition) is 3. The third-order valence-corrected chi connectivity index (χ3v) is 2.21. The molecule has 3 N–H and O–H groups in total.